The van der Waals surface area contributed by atoms with Gasteiger partial charge in [-0.15, -0.1) is 10.2 Å². The van der Waals surface area contributed by atoms with Gasteiger partial charge in [-0.1, -0.05) is 11.6 Å². The highest BCUT2D eigenvalue weighted by Crippen LogP contribution is 2.19. The molecule has 0 aliphatic heterocycles. The molecule has 26 heavy (non-hydrogen) atoms. The minimum Gasteiger partial charge on any atom is -0.350 e. The molecule has 136 valence electrons. The first kappa shape index (κ1) is 18.0. The van der Waals surface area contributed by atoms with Crippen LogP contribution in [0.15, 0.2) is 42.0 Å². The Morgan fingerprint density at radius 2 is 1.96 bits per heavy atom. The van der Waals surface area contributed by atoms with Crippen LogP contribution in [0.4, 0.5) is 20.3 Å². The molecule has 5 nitrogen and oxygen atoms in total. The van der Waals surface area contributed by atoms with E-state index >= 15 is 0 Å². The summed E-state index contributed by atoms with van der Waals surface area (Å²) in [6.07, 6.45) is 7.82. The van der Waals surface area contributed by atoms with E-state index in [4.69, 9.17) is 0 Å². The lowest BCUT2D eigenvalue weighted by molar-refractivity contribution is 0.0948. The smallest absolute Gasteiger partial charge is 0.271 e. The van der Waals surface area contributed by atoms with Gasteiger partial charge in [0.15, 0.2) is 23.1 Å². The number of hydrogen-bond acceptors (Lipinski definition) is 4. The van der Waals surface area contributed by atoms with Gasteiger partial charge in [-0.3, -0.25) is 4.79 Å². The second-order valence-electron chi connectivity index (χ2n) is 6.17. The SMILES string of the molecule is O=C(NCCC1=CCCCC1)c1ccc(Nc2ccc(F)c(F)c2)nn1. The van der Waals surface area contributed by atoms with Crippen LogP contribution >= 0.6 is 0 Å². The first-order valence-electron chi connectivity index (χ1n) is 8.64. The Kier molecular flexibility index (Phi) is 5.88. The van der Waals surface area contributed by atoms with E-state index < -0.39 is 11.6 Å². The summed E-state index contributed by atoms with van der Waals surface area (Å²) in [5.74, 6) is -1.82. The van der Waals surface area contributed by atoms with Gasteiger partial charge >= 0.3 is 0 Å². The molecule has 0 bridgehead atoms. The lowest BCUT2D eigenvalue weighted by atomic mass is 9.97. The number of hydrogen-bond donors (Lipinski definition) is 2. The van der Waals surface area contributed by atoms with Crippen molar-refractivity contribution in [1.82, 2.24) is 15.5 Å². The highest BCUT2D eigenvalue weighted by atomic mass is 19.2. The van der Waals surface area contributed by atoms with Gasteiger partial charge < -0.3 is 10.6 Å². The first-order chi connectivity index (χ1) is 12.6. The van der Waals surface area contributed by atoms with Crippen molar-refractivity contribution < 1.29 is 13.6 Å². The van der Waals surface area contributed by atoms with Crippen LogP contribution in [-0.4, -0.2) is 22.6 Å². The molecule has 0 saturated carbocycles. The largest absolute Gasteiger partial charge is 0.350 e. The minimum atomic E-state index is -0.952. The van der Waals surface area contributed by atoms with Crippen molar-refractivity contribution in [3.05, 3.63) is 59.3 Å². The summed E-state index contributed by atoms with van der Waals surface area (Å²) in [5, 5.41) is 13.4. The van der Waals surface area contributed by atoms with E-state index in [-0.39, 0.29) is 11.6 Å². The number of benzene rings is 1. The Hall–Kier alpha value is -2.83. The molecule has 1 aromatic heterocycles. The molecule has 2 N–H and O–H groups in total. The second kappa shape index (κ2) is 8.51. The van der Waals surface area contributed by atoms with Crippen LogP contribution in [0, 0.1) is 11.6 Å². The molecule has 0 atom stereocenters. The molecule has 1 amide bonds. The van der Waals surface area contributed by atoms with Gasteiger partial charge in [-0.2, -0.15) is 0 Å². The third kappa shape index (κ3) is 4.84. The summed E-state index contributed by atoms with van der Waals surface area (Å²) in [5.41, 5.74) is 1.95. The number of aromatic nitrogens is 2. The number of rotatable bonds is 6. The van der Waals surface area contributed by atoms with E-state index in [2.05, 4.69) is 26.9 Å². The Bertz CT molecular complexity index is 806. The number of anilines is 2. The normalized spacial score (nSPS) is 13.8. The van der Waals surface area contributed by atoms with Gasteiger partial charge in [0.25, 0.3) is 5.91 Å². The molecule has 2 aromatic rings. The lowest BCUT2D eigenvalue weighted by Gasteiger charge is -2.12. The maximum atomic E-state index is 13.2. The average Bonchev–Trinajstić information content (AvgIpc) is 2.66. The number of nitrogens with one attached hydrogen (secondary N) is 2. The molecule has 1 heterocycles. The molecular weight excluding hydrogens is 338 g/mol. The van der Waals surface area contributed by atoms with Crippen molar-refractivity contribution >= 4 is 17.4 Å². The number of halogens is 2. The van der Waals surface area contributed by atoms with E-state index in [0.717, 1.165) is 31.4 Å². The Morgan fingerprint density at radius 3 is 2.65 bits per heavy atom. The Balaban J connectivity index is 1.52. The molecule has 0 unspecified atom stereocenters. The third-order valence-corrected chi connectivity index (χ3v) is 4.21. The maximum Gasteiger partial charge on any atom is 0.271 e. The number of carbonyl (C=O) groups is 1. The van der Waals surface area contributed by atoms with Crippen LogP contribution in [0.25, 0.3) is 0 Å². The molecule has 1 aliphatic rings. The number of allylic oxidation sites excluding steroid dienone is 1. The zero-order valence-corrected chi connectivity index (χ0v) is 14.3. The van der Waals surface area contributed by atoms with E-state index in [1.165, 1.54) is 30.5 Å². The standard InChI is InChI=1S/C19H20F2N4O/c20-15-7-6-14(12-16(15)21)23-18-9-8-17(24-25-18)19(26)22-11-10-13-4-2-1-3-5-13/h4,6-9,12H,1-3,5,10-11H2,(H,22,26)(H,23,25). The highest BCUT2D eigenvalue weighted by Gasteiger charge is 2.10. The first-order valence-corrected chi connectivity index (χ1v) is 8.64. The van der Waals surface area contributed by atoms with Crippen LogP contribution in [0.1, 0.15) is 42.6 Å². The van der Waals surface area contributed by atoms with E-state index in [1.807, 2.05) is 0 Å². The Labute approximate surface area is 150 Å². The molecule has 0 radical (unpaired) electrons. The second-order valence-corrected chi connectivity index (χ2v) is 6.17. The van der Waals surface area contributed by atoms with Crippen molar-refractivity contribution in [3.63, 3.8) is 0 Å². The summed E-state index contributed by atoms with van der Waals surface area (Å²) < 4.78 is 26.1. The number of nitrogens with zero attached hydrogens (tertiary/aromatic N) is 2. The van der Waals surface area contributed by atoms with Crippen LogP contribution < -0.4 is 10.6 Å². The molecule has 7 heteroatoms. The summed E-state index contributed by atoms with van der Waals surface area (Å²) in [4.78, 5) is 12.1. The van der Waals surface area contributed by atoms with Gasteiger partial charge in [0.2, 0.25) is 0 Å². The minimum absolute atomic E-state index is 0.207. The predicted molar refractivity (Wildman–Crippen MR) is 95.2 cm³/mol. The van der Waals surface area contributed by atoms with Crippen molar-refractivity contribution in [2.75, 3.05) is 11.9 Å². The van der Waals surface area contributed by atoms with E-state index in [9.17, 15) is 13.6 Å². The average molecular weight is 358 g/mol. The van der Waals surface area contributed by atoms with Crippen LogP contribution in [0.5, 0.6) is 0 Å². The van der Waals surface area contributed by atoms with Crippen LogP contribution in [0.2, 0.25) is 0 Å². The van der Waals surface area contributed by atoms with Crippen molar-refractivity contribution in [1.29, 1.82) is 0 Å². The monoisotopic (exact) mass is 358 g/mol. The van der Waals surface area contributed by atoms with Crippen molar-refractivity contribution in [2.24, 2.45) is 0 Å². The fourth-order valence-electron chi connectivity index (χ4n) is 2.80. The van der Waals surface area contributed by atoms with E-state index in [0.29, 0.717) is 18.1 Å². The molecule has 0 spiro atoms. The number of amides is 1. The van der Waals surface area contributed by atoms with Gasteiger partial charge in [0.05, 0.1) is 0 Å². The highest BCUT2D eigenvalue weighted by molar-refractivity contribution is 5.92. The molecule has 0 fully saturated rings. The summed E-state index contributed by atoms with van der Waals surface area (Å²) >= 11 is 0. The fourth-order valence-corrected chi connectivity index (χ4v) is 2.80. The molecule has 0 saturated heterocycles. The number of carbonyl (C=O) groups excluding carboxylic acids is 1. The third-order valence-electron chi connectivity index (χ3n) is 4.21. The van der Waals surface area contributed by atoms with Crippen LogP contribution in [0.3, 0.4) is 0 Å². The molecule has 3 rings (SSSR count). The zero-order valence-electron chi connectivity index (χ0n) is 14.3. The van der Waals surface area contributed by atoms with Crippen molar-refractivity contribution in [3.8, 4) is 0 Å². The summed E-state index contributed by atoms with van der Waals surface area (Å²) in [6, 6.07) is 6.53. The lowest BCUT2D eigenvalue weighted by Crippen LogP contribution is -2.26. The molecular formula is C19H20F2N4O. The Morgan fingerprint density at radius 1 is 1.08 bits per heavy atom. The van der Waals surface area contributed by atoms with Gasteiger partial charge in [0.1, 0.15) is 0 Å². The predicted octanol–water partition coefficient (Wildman–Crippen LogP) is 4.12. The summed E-state index contributed by atoms with van der Waals surface area (Å²) in [6.45, 7) is 0.571. The van der Waals surface area contributed by atoms with Crippen molar-refractivity contribution in [2.45, 2.75) is 32.1 Å². The van der Waals surface area contributed by atoms with Gasteiger partial charge in [0, 0.05) is 18.3 Å². The van der Waals surface area contributed by atoms with Gasteiger partial charge in [-0.25, -0.2) is 8.78 Å². The topological polar surface area (TPSA) is 66.9 Å². The summed E-state index contributed by atoms with van der Waals surface area (Å²) in [7, 11) is 0. The van der Waals surface area contributed by atoms with Gasteiger partial charge in [-0.05, 0) is 56.4 Å². The van der Waals surface area contributed by atoms with Crippen LogP contribution in [-0.2, 0) is 0 Å². The zero-order chi connectivity index (χ0) is 18.4. The molecule has 1 aliphatic carbocycles. The quantitative estimate of drug-likeness (QED) is 0.763. The van der Waals surface area contributed by atoms with E-state index in [1.54, 1.807) is 6.07 Å². The maximum absolute atomic E-state index is 13.2. The molecule has 1 aromatic carbocycles. The fraction of sp³-hybridized carbons (Fsp3) is 0.316.